The number of nitrogens with zero attached hydrogens (tertiary/aromatic N) is 3. The molecule has 5 nitrogen and oxygen atoms in total. The van der Waals surface area contributed by atoms with Crippen LogP contribution in [0.1, 0.15) is 43.0 Å². The molecular formula is C14H20ClN5. The van der Waals surface area contributed by atoms with E-state index in [4.69, 9.17) is 11.6 Å². The molecule has 0 aliphatic carbocycles. The molecular weight excluding hydrogens is 274 g/mol. The Kier molecular flexibility index (Phi) is 4.95. The van der Waals surface area contributed by atoms with Gasteiger partial charge in [0.1, 0.15) is 17.3 Å². The van der Waals surface area contributed by atoms with E-state index in [9.17, 15) is 0 Å². The van der Waals surface area contributed by atoms with E-state index in [0.717, 1.165) is 36.5 Å². The number of aromatic nitrogens is 4. The van der Waals surface area contributed by atoms with Gasteiger partial charge in [-0.05, 0) is 31.2 Å². The van der Waals surface area contributed by atoms with Crippen molar-refractivity contribution >= 4 is 17.4 Å². The standard InChI is InChI=1S/C14H20ClN5/c1-9(2)12-13(15)17-8-18-14(12)16-6-4-5-11-7-19-20-10(11)3/h7-9H,4-6H2,1-3H3,(H,19,20)(H,16,17,18). The molecule has 0 radical (unpaired) electrons. The average molecular weight is 294 g/mol. The fourth-order valence-electron chi connectivity index (χ4n) is 2.14. The van der Waals surface area contributed by atoms with Crippen molar-refractivity contribution in [2.75, 3.05) is 11.9 Å². The monoisotopic (exact) mass is 293 g/mol. The fourth-order valence-corrected chi connectivity index (χ4v) is 2.49. The van der Waals surface area contributed by atoms with Crippen LogP contribution >= 0.6 is 11.6 Å². The summed E-state index contributed by atoms with van der Waals surface area (Å²) >= 11 is 6.14. The zero-order chi connectivity index (χ0) is 14.5. The van der Waals surface area contributed by atoms with Crippen molar-refractivity contribution < 1.29 is 0 Å². The fraction of sp³-hybridized carbons (Fsp3) is 0.500. The van der Waals surface area contributed by atoms with Crippen LogP contribution in [0.2, 0.25) is 5.15 Å². The molecule has 2 aromatic rings. The van der Waals surface area contributed by atoms with Crippen LogP contribution in [0.5, 0.6) is 0 Å². The molecule has 20 heavy (non-hydrogen) atoms. The van der Waals surface area contributed by atoms with E-state index in [0.29, 0.717) is 11.1 Å². The Hall–Kier alpha value is -1.62. The van der Waals surface area contributed by atoms with Gasteiger partial charge in [-0.25, -0.2) is 9.97 Å². The third-order valence-electron chi connectivity index (χ3n) is 3.26. The van der Waals surface area contributed by atoms with Crippen LogP contribution in [0, 0.1) is 6.92 Å². The van der Waals surface area contributed by atoms with E-state index in [1.54, 1.807) is 0 Å². The second kappa shape index (κ2) is 6.70. The Balaban J connectivity index is 1.91. The first kappa shape index (κ1) is 14.8. The summed E-state index contributed by atoms with van der Waals surface area (Å²) in [6.07, 6.45) is 5.39. The predicted octanol–water partition coefficient (Wildman–Crippen LogP) is 3.33. The molecule has 0 amide bonds. The number of halogens is 1. The topological polar surface area (TPSA) is 66.5 Å². The molecule has 2 N–H and O–H groups in total. The van der Waals surface area contributed by atoms with Crippen LogP contribution in [0.25, 0.3) is 0 Å². The number of H-pyrrole nitrogens is 1. The van der Waals surface area contributed by atoms with Crippen LogP contribution in [0.15, 0.2) is 12.5 Å². The van der Waals surface area contributed by atoms with Crippen LogP contribution < -0.4 is 5.32 Å². The lowest BCUT2D eigenvalue weighted by Gasteiger charge is -2.14. The predicted molar refractivity (Wildman–Crippen MR) is 81.3 cm³/mol. The van der Waals surface area contributed by atoms with E-state index >= 15 is 0 Å². The van der Waals surface area contributed by atoms with Crippen LogP contribution in [0.4, 0.5) is 5.82 Å². The van der Waals surface area contributed by atoms with Gasteiger partial charge >= 0.3 is 0 Å². The normalized spacial score (nSPS) is 11.1. The van der Waals surface area contributed by atoms with Gasteiger partial charge in [-0.3, -0.25) is 5.10 Å². The zero-order valence-corrected chi connectivity index (χ0v) is 12.8. The summed E-state index contributed by atoms with van der Waals surface area (Å²) in [4.78, 5) is 8.33. The summed E-state index contributed by atoms with van der Waals surface area (Å²) in [6.45, 7) is 7.06. The SMILES string of the molecule is Cc1[nH]ncc1CCCNc1ncnc(Cl)c1C(C)C. The minimum Gasteiger partial charge on any atom is -0.370 e. The molecule has 0 fully saturated rings. The Morgan fingerprint density at radius 1 is 1.35 bits per heavy atom. The third kappa shape index (κ3) is 3.48. The molecule has 0 saturated carbocycles. The van der Waals surface area contributed by atoms with Gasteiger partial charge in [-0.1, -0.05) is 25.4 Å². The number of aryl methyl sites for hydroxylation is 2. The van der Waals surface area contributed by atoms with Crippen LogP contribution in [-0.2, 0) is 6.42 Å². The maximum Gasteiger partial charge on any atom is 0.138 e. The summed E-state index contributed by atoms with van der Waals surface area (Å²) in [5.41, 5.74) is 3.38. The van der Waals surface area contributed by atoms with Crippen LogP contribution in [0.3, 0.4) is 0 Å². The average Bonchev–Trinajstić information content (AvgIpc) is 2.80. The first-order valence-electron chi connectivity index (χ1n) is 6.82. The first-order valence-corrected chi connectivity index (χ1v) is 7.20. The van der Waals surface area contributed by atoms with Crippen molar-refractivity contribution in [2.24, 2.45) is 0 Å². The van der Waals surface area contributed by atoms with Gasteiger partial charge in [0.2, 0.25) is 0 Å². The zero-order valence-electron chi connectivity index (χ0n) is 12.1. The van der Waals surface area contributed by atoms with E-state index in [1.807, 2.05) is 13.1 Å². The van der Waals surface area contributed by atoms with Gasteiger partial charge in [0.05, 0.1) is 6.20 Å². The Bertz CT molecular complexity index is 564. The van der Waals surface area contributed by atoms with Crippen LogP contribution in [-0.4, -0.2) is 26.7 Å². The van der Waals surface area contributed by atoms with Gasteiger partial charge in [0.15, 0.2) is 0 Å². The van der Waals surface area contributed by atoms with Crippen molar-refractivity contribution in [1.82, 2.24) is 20.2 Å². The highest BCUT2D eigenvalue weighted by Crippen LogP contribution is 2.27. The highest BCUT2D eigenvalue weighted by molar-refractivity contribution is 6.30. The molecule has 6 heteroatoms. The number of rotatable bonds is 6. The number of nitrogens with one attached hydrogen (secondary N) is 2. The number of anilines is 1. The summed E-state index contributed by atoms with van der Waals surface area (Å²) in [6, 6.07) is 0. The lowest BCUT2D eigenvalue weighted by Crippen LogP contribution is -2.09. The molecule has 0 atom stereocenters. The van der Waals surface area contributed by atoms with Crippen molar-refractivity contribution in [3.05, 3.63) is 34.5 Å². The van der Waals surface area contributed by atoms with E-state index in [1.165, 1.54) is 11.9 Å². The Morgan fingerprint density at radius 2 is 2.15 bits per heavy atom. The minimum absolute atomic E-state index is 0.294. The molecule has 0 saturated heterocycles. The van der Waals surface area contributed by atoms with Gasteiger partial charge in [-0.2, -0.15) is 5.10 Å². The van der Waals surface area contributed by atoms with Crippen molar-refractivity contribution in [3.63, 3.8) is 0 Å². The molecule has 0 spiro atoms. The molecule has 0 aromatic carbocycles. The molecule has 0 aliphatic rings. The van der Waals surface area contributed by atoms with E-state index < -0.39 is 0 Å². The maximum atomic E-state index is 6.14. The highest BCUT2D eigenvalue weighted by Gasteiger charge is 2.13. The maximum absolute atomic E-state index is 6.14. The molecule has 2 heterocycles. The summed E-state index contributed by atoms with van der Waals surface area (Å²) < 4.78 is 0. The molecule has 2 rings (SSSR count). The smallest absolute Gasteiger partial charge is 0.138 e. The van der Waals surface area contributed by atoms with Gasteiger partial charge in [-0.15, -0.1) is 0 Å². The number of hydrogen-bond donors (Lipinski definition) is 2. The molecule has 108 valence electrons. The molecule has 0 unspecified atom stereocenters. The molecule has 2 aromatic heterocycles. The van der Waals surface area contributed by atoms with Gasteiger partial charge in [0, 0.05) is 17.8 Å². The highest BCUT2D eigenvalue weighted by atomic mass is 35.5. The van der Waals surface area contributed by atoms with Crippen molar-refractivity contribution in [1.29, 1.82) is 0 Å². The van der Waals surface area contributed by atoms with Crippen molar-refractivity contribution in [2.45, 2.75) is 39.5 Å². The minimum atomic E-state index is 0.294. The Labute approximate surface area is 124 Å². The molecule has 0 bridgehead atoms. The quantitative estimate of drug-likeness (QED) is 0.633. The lowest BCUT2D eigenvalue weighted by atomic mass is 10.1. The molecule has 0 aliphatic heterocycles. The van der Waals surface area contributed by atoms with Gasteiger partial charge in [0.25, 0.3) is 0 Å². The third-order valence-corrected chi connectivity index (χ3v) is 3.56. The summed E-state index contributed by atoms with van der Waals surface area (Å²) in [5.74, 6) is 1.13. The summed E-state index contributed by atoms with van der Waals surface area (Å²) in [7, 11) is 0. The second-order valence-electron chi connectivity index (χ2n) is 5.13. The van der Waals surface area contributed by atoms with E-state index in [-0.39, 0.29) is 0 Å². The number of hydrogen-bond acceptors (Lipinski definition) is 4. The Morgan fingerprint density at radius 3 is 2.80 bits per heavy atom. The number of aromatic amines is 1. The largest absolute Gasteiger partial charge is 0.370 e. The first-order chi connectivity index (χ1) is 9.59. The van der Waals surface area contributed by atoms with Crippen molar-refractivity contribution in [3.8, 4) is 0 Å². The second-order valence-corrected chi connectivity index (χ2v) is 5.49. The van der Waals surface area contributed by atoms with Gasteiger partial charge < -0.3 is 5.32 Å². The van der Waals surface area contributed by atoms with E-state index in [2.05, 4.69) is 39.3 Å². The lowest BCUT2D eigenvalue weighted by molar-refractivity contribution is 0.823. The summed E-state index contributed by atoms with van der Waals surface area (Å²) in [5, 5.41) is 10.9.